The van der Waals surface area contributed by atoms with Gasteiger partial charge in [-0.3, -0.25) is 9.59 Å². The Labute approximate surface area is 133 Å². The van der Waals surface area contributed by atoms with E-state index in [9.17, 15) is 9.59 Å². The average molecular weight is 317 g/mol. The highest BCUT2D eigenvalue weighted by atomic mass is 16.5. The Morgan fingerprint density at radius 2 is 1.68 bits per heavy atom. The molecule has 6 nitrogen and oxygen atoms in total. The van der Waals surface area contributed by atoms with Gasteiger partial charge in [0, 0.05) is 12.5 Å². The lowest BCUT2D eigenvalue weighted by molar-refractivity contribution is -0.145. The van der Waals surface area contributed by atoms with Crippen molar-refractivity contribution in [3.63, 3.8) is 0 Å². The van der Waals surface area contributed by atoms with Crippen molar-refractivity contribution < 1.29 is 23.8 Å². The van der Waals surface area contributed by atoms with Crippen LogP contribution in [0.25, 0.3) is 0 Å². The van der Waals surface area contributed by atoms with Crippen LogP contribution in [-0.2, 0) is 23.8 Å². The summed E-state index contributed by atoms with van der Waals surface area (Å²) in [4.78, 5) is 22.7. The van der Waals surface area contributed by atoms with E-state index in [1.54, 1.807) is 0 Å². The van der Waals surface area contributed by atoms with Crippen molar-refractivity contribution in [3.8, 4) is 0 Å². The van der Waals surface area contributed by atoms with E-state index in [1.807, 2.05) is 20.8 Å². The number of carbonyl (C=O) groups is 2. The summed E-state index contributed by atoms with van der Waals surface area (Å²) in [6, 6.07) is 0. The van der Waals surface area contributed by atoms with Gasteiger partial charge in [0.15, 0.2) is 0 Å². The lowest BCUT2D eigenvalue weighted by atomic mass is 10.1. The van der Waals surface area contributed by atoms with Gasteiger partial charge in [-0.25, -0.2) is 0 Å². The molecule has 0 aromatic heterocycles. The van der Waals surface area contributed by atoms with Crippen LogP contribution in [0.1, 0.15) is 46.5 Å². The second-order valence-corrected chi connectivity index (χ2v) is 5.15. The summed E-state index contributed by atoms with van der Waals surface area (Å²) in [5.41, 5.74) is 0. The van der Waals surface area contributed by atoms with Gasteiger partial charge in [-0.05, 0) is 12.8 Å². The molecular formula is C16H31NO5. The molecule has 0 aromatic carbocycles. The SMILES string of the molecule is CCCCOC(=O)CCOCCOCCNC(=O)C(C)CC. The molecule has 0 aliphatic rings. The van der Waals surface area contributed by atoms with Crippen LogP contribution in [0.5, 0.6) is 0 Å². The molecule has 0 radical (unpaired) electrons. The standard InChI is InChI=1S/C16H31NO5/c1-4-6-9-22-15(18)7-10-20-12-13-21-11-8-17-16(19)14(3)5-2/h14H,4-13H2,1-3H3,(H,17,19). The minimum atomic E-state index is -0.220. The first kappa shape index (κ1) is 20.9. The van der Waals surface area contributed by atoms with Crippen LogP contribution >= 0.6 is 0 Å². The topological polar surface area (TPSA) is 73.9 Å². The van der Waals surface area contributed by atoms with E-state index in [0.717, 1.165) is 19.3 Å². The number of hydrogen-bond acceptors (Lipinski definition) is 5. The molecule has 130 valence electrons. The fourth-order valence-corrected chi connectivity index (χ4v) is 1.49. The monoisotopic (exact) mass is 317 g/mol. The molecule has 0 aliphatic carbocycles. The number of nitrogens with one attached hydrogen (secondary N) is 1. The summed E-state index contributed by atoms with van der Waals surface area (Å²) in [6.45, 7) is 8.62. The highest BCUT2D eigenvalue weighted by Gasteiger charge is 2.08. The summed E-state index contributed by atoms with van der Waals surface area (Å²) >= 11 is 0. The number of unbranched alkanes of at least 4 members (excludes halogenated alkanes) is 1. The smallest absolute Gasteiger partial charge is 0.308 e. The Kier molecular flexibility index (Phi) is 14.0. The third kappa shape index (κ3) is 12.6. The molecular weight excluding hydrogens is 286 g/mol. The number of carbonyl (C=O) groups excluding carboxylic acids is 2. The predicted octanol–water partition coefficient (Wildman–Crippen LogP) is 1.92. The second kappa shape index (κ2) is 14.8. The van der Waals surface area contributed by atoms with Crippen LogP contribution in [0.2, 0.25) is 0 Å². The van der Waals surface area contributed by atoms with E-state index in [2.05, 4.69) is 5.32 Å². The second-order valence-electron chi connectivity index (χ2n) is 5.15. The van der Waals surface area contributed by atoms with E-state index in [0.29, 0.717) is 39.6 Å². The fraction of sp³-hybridized carbons (Fsp3) is 0.875. The van der Waals surface area contributed by atoms with Crippen LogP contribution in [0.15, 0.2) is 0 Å². The Bertz CT molecular complexity index is 296. The zero-order valence-corrected chi connectivity index (χ0v) is 14.2. The Morgan fingerprint density at radius 1 is 1.00 bits per heavy atom. The summed E-state index contributed by atoms with van der Waals surface area (Å²) in [7, 11) is 0. The highest BCUT2D eigenvalue weighted by Crippen LogP contribution is 1.98. The summed E-state index contributed by atoms with van der Waals surface area (Å²) in [6.07, 6.45) is 3.02. The molecule has 0 saturated carbocycles. The van der Waals surface area contributed by atoms with Crippen LogP contribution in [0.3, 0.4) is 0 Å². The van der Waals surface area contributed by atoms with E-state index in [-0.39, 0.29) is 24.2 Å². The maximum atomic E-state index is 11.5. The van der Waals surface area contributed by atoms with Crippen molar-refractivity contribution in [1.29, 1.82) is 0 Å². The zero-order valence-electron chi connectivity index (χ0n) is 14.2. The number of amides is 1. The van der Waals surface area contributed by atoms with Gasteiger partial charge < -0.3 is 19.5 Å². The van der Waals surface area contributed by atoms with E-state index < -0.39 is 0 Å². The molecule has 0 heterocycles. The number of esters is 1. The lowest BCUT2D eigenvalue weighted by Crippen LogP contribution is -2.31. The van der Waals surface area contributed by atoms with Gasteiger partial charge in [0.1, 0.15) is 0 Å². The van der Waals surface area contributed by atoms with Gasteiger partial charge in [0.25, 0.3) is 0 Å². The van der Waals surface area contributed by atoms with Gasteiger partial charge in [-0.2, -0.15) is 0 Å². The molecule has 6 heteroatoms. The number of hydrogen-bond donors (Lipinski definition) is 1. The highest BCUT2D eigenvalue weighted by molar-refractivity contribution is 5.78. The molecule has 0 saturated heterocycles. The van der Waals surface area contributed by atoms with E-state index in [1.165, 1.54) is 0 Å². The molecule has 0 spiro atoms. The van der Waals surface area contributed by atoms with E-state index >= 15 is 0 Å². The van der Waals surface area contributed by atoms with Crippen LogP contribution in [-0.4, -0.2) is 51.5 Å². The van der Waals surface area contributed by atoms with Gasteiger partial charge in [-0.1, -0.05) is 27.2 Å². The van der Waals surface area contributed by atoms with Crippen molar-refractivity contribution >= 4 is 11.9 Å². The third-order valence-corrected chi connectivity index (χ3v) is 3.19. The maximum Gasteiger partial charge on any atom is 0.308 e. The summed E-state index contributed by atoms with van der Waals surface area (Å²) in [5, 5.41) is 2.81. The molecule has 0 aliphatic heterocycles. The molecule has 1 amide bonds. The zero-order chi connectivity index (χ0) is 16.6. The maximum absolute atomic E-state index is 11.5. The average Bonchev–Trinajstić information content (AvgIpc) is 2.52. The Hall–Kier alpha value is -1.14. The molecule has 0 bridgehead atoms. The minimum Gasteiger partial charge on any atom is -0.466 e. The van der Waals surface area contributed by atoms with Crippen LogP contribution in [0, 0.1) is 5.92 Å². The fourth-order valence-electron chi connectivity index (χ4n) is 1.49. The summed E-state index contributed by atoms with van der Waals surface area (Å²) < 4.78 is 15.6. The lowest BCUT2D eigenvalue weighted by Gasteiger charge is -2.10. The molecule has 0 aromatic rings. The molecule has 1 atom stereocenters. The molecule has 0 fully saturated rings. The molecule has 1 unspecified atom stereocenters. The van der Waals surface area contributed by atoms with Gasteiger partial charge in [0.2, 0.25) is 5.91 Å². The van der Waals surface area contributed by atoms with Gasteiger partial charge in [0.05, 0.1) is 39.5 Å². The molecule has 0 rings (SSSR count). The van der Waals surface area contributed by atoms with Crippen molar-refractivity contribution in [2.24, 2.45) is 5.92 Å². The largest absolute Gasteiger partial charge is 0.466 e. The van der Waals surface area contributed by atoms with Crippen molar-refractivity contribution in [3.05, 3.63) is 0 Å². The quantitative estimate of drug-likeness (QED) is 0.391. The van der Waals surface area contributed by atoms with E-state index in [4.69, 9.17) is 14.2 Å². The molecule has 22 heavy (non-hydrogen) atoms. The third-order valence-electron chi connectivity index (χ3n) is 3.19. The normalized spacial score (nSPS) is 12.0. The van der Waals surface area contributed by atoms with Crippen LogP contribution < -0.4 is 5.32 Å². The predicted molar refractivity (Wildman–Crippen MR) is 84.6 cm³/mol. The number of rotatable bonds is 14. The van der Waals surface area contributed by atoms with Gasteiger partial charge >= 0.3 is 5.97 Å². The minimum absolute atomic E-state index is 0.0421. The first-order chi connectivity index (χ1) is 10.6. The van der Waals surface area contributed by atoms with Crippen LogP contribution in [0.4, 0.5) is 0 Å². The summed E-state index contributed by atoms with van der Waals surface area (Å²) in [5.74, 6) is -0.119. The first-order valence-corrected chi connectivity index (χ1v) is 8.20. The van der Waals surface area contributed by atoms with Gasteiger partial charge in [-0.15, -0.1) is 0 Å². The van der Waals surface area contributed by atoms with Crippen molar-refractivity contribution in [2.45, 2.75) is 46.5 Å². The molecule has 1 N–H and O–H groups in total. The number of ether oxygens (including phenoxy) is 3. The van der Waals surface area contributed by atoms with Crippen molar-refractivity contribution in [2.75, 3.05) is 39.6 Å². The Morgan fingerprint density at radius 3 is 2.32 bits per heavy atom. The van der Waals surface area contributed by atoms with Crippen molar-refractivity contribution in [1.82, 2.24) is 5.32 Å². The first-order valence-electron chi connectivity index (χ1n) is 8.20. The Balaban J connectivity index is 3.27.